The van der Waals surface area contributed by atoms with Gasteiger partial charge in [-0.25, -0.2) is 0 Å². The minimum atomic E-state index is 0.681. The SMILES string of the molecule is CNC1CC[N-]C1. The normalized spacial score (nSPS) is 31.3. The molecule has 0 aromatic rings. The fourth-order valence-corrected chi connectivity index (χ4v) is 0.821. The minimum Gasteiger partial charge on any atom is -0.661 e. The Kier molecular flexibility index (Phi) is 1.65. The molecule has 42 valence electrons. The third-order valence-corrected chi connectivity index (χ3v) is 1.39. The van der Waals surface area contributed by atoms with E-state index in [1.807, 2.05) is 7.05 Å². The summed E-state index contributed by atoms with van der Waals surface area (Å²) in [5.41, 5.74) is 0. The molecule has 2 heteroatoms. The van der Waals surface area contributed by atoms with Gasteiger partial charge in [0.1, 0.15) is 0 Å². The highest BCUT2D eigenvalue weighted by atomic mass is 15.0. The molecule has 0 saturated carbocycles. The van der Waals surface area contributed by atoms with Gasteiger partial charge in [-0.2, -0.15) is 0 Å². The van der Waals surface area contributed by atoms with Crippen molar-refractivity contribution < 1.29 is 0 Å². The van der Waals surface area contributed by atoms with Crippen molar-refractivity contribution in [2.45, 2.75) is 12.5 Å². The van der Waals surface area contributed by atoms with Gasteiger partial charge in [-0.15, -0.1) is 13.1 Å². The molecule has 7 heavy (non-hydrogen) atoms. The molecule has 1 rings (SSSR count). The Labute approximate surface area is 44.3 Å². The van der Waals surface area contributed by atoms with Crippen molar-refractivity contribution in [1.29, 1.82) is 0 Å². The van der Waals surface area contributed by atoms with Crippen molar-refractivity contribution in [3.8, 4) is 0 Å². The van der Waals surface area contributed by atoms with E-state index in [1.165, 1.54) is 6.42 Å². The van der Waals surface area contributed by atoms with Crippen molar-refractivity contribution in [1.82, 2.24) is 5.32 Å². The molecule has 1 fully saturated rings. The molecule has 1 heterocycles. The molecule has 0 bridgehead atoms. The van der Waals surface area contributed by atoms with Crippen molar-refractivity contribution in [3.63, 3.8) is 0 Å². The zero-order valence-corrected chi connectivity index (χ0v) is 4.65. The van der Waals surface area contributed by atoms with Crippen LogP contribution in [0, 0.1) is 0 Å². The van der Waals surface area contributed by atoms with Crippen molar-refractivity contribution in [3.05, 3.63) is 5.32 Å². The molecule has 1 N–H and O–H groups in total. The standard InChI is InChI=1S/C5H11N2/c1-6-5-2-3-7-4-5/h5-6H,2-4H2,1H3/q-1. The average molecular weight is 99.2 g/mol. The first-order valence-corrected chi connectivity index (χ1v) is 2.74. The summed E-state index contributed by atoms with van der Waals surface area (Å²) in [4.78, 5) is 0. The molecule has 1 aliphatic rings. The van der Waals surface area contributed by atoms with Crippen LogP contribution in [0.3, 0.4) is 0 Å². The third kappa shape index (κ3) is 1.14. The maximum absolute atomic E-state index is 4.17. The lowest BCUT2D eigenvalue weighted by Gasteiger charge is -2.09. The predicted molar refractivity (Wildman–Crippen MR) is 30.6 cm³/mol. The van der Waals surface area contributed by atoms with Gasteiger partial charge in [0, 0.05) is 0 Å². The van der Waals surface area contributed by atoms with Gasteiger partial charge in [0.2, 0.25) is 0 Å². The van der Waals surface area contributed by atoms with E-state index in [1.54, 1.807) is 0 Å². The van der Waals surface area contributed by atoms with E-state index in [2.05, 4.69) is 10.6 Å². The molecule has 1 unspecified atom stereocenters. The van der Waals surface area contributed by atoms with Gasteiger partial charge in [0.15, 0.2) is 0 Å². The van der Waals surface area contributed by atoms with Crippen LogP contribution in [-0.2, 0) is 0 Å². The molecule has 1 saturated heterocycles. The molecular weight excluding hydrogens is 88.1 g/mol. The van der Waals surface area contributed by atoms with Crippen LogP contribution in [0.15, 0.2) is 0 Å². The molecule has 0 radical (unpaired) electrons. The summed E-state index contributed by atoms with van der Waals surface area (Å²) in [5.74, 6) is 0. The summed E-state index contributed by atoms with van der Waals surface area (Å²) in [5, 5.41) is 7.34. The average Bonchev–Trinajstić information content (AvgIpc) is 2.14. The summed E-state index contributed by atoms with van der Waals surface area (Å²) < 4.78 is 0. The van der Waals surface area contributed by atoms with Crippen molar-refractivity contribution in [2.24, 2.45) is 0 Å². The van der Waals surface area contributed by atoms with Crippen LogP contribution in [0.25, 0.3) is 5.32 Å². The van der Waals surface area contributed by atoms with Crippen LogP contribution in [0.5, 0.6) is 0 Å². The van der Waals surface area contributed by atoms with Crippen LogP contribution >= 0.6 is 0 Å². The topological polar surface area (TPSA) is 26.1 Å². The molecule has 0 amide bonds. The van der Waals surface area contributed by atoms with Crippen LogP contribution in [0.2, 0.25) is 0 Å². The van der Waals surface area contributed by atoms with Crippen LogP contribution in [0.1, 0.15) is 6.42 Å². The molecule has 2 nitrogen and oxygen atoms in total. The highest BCUT2D eigenvalue weighted by Gasteiger charge is 2.00. The number of nitrogens with one attached hydrogen (secondary N) is 1. The Balaban J connectivity index is 2.14. The summed E-state index contributed by atoms with van der Waals surface area (Å²) in [6.45, 7) is 2.09. The largest absolute Gasteiger partial charge is 0.661 e. The van der Waals surface area contributed by atoms with Gasteiger partial charge >= 0.3 is 0 Å². The Hall–Kier alpha value is -0.0800. The number of likely N-dealkylation sites (N-methyl/N-ethyl adjacent to an activating group) is 1. The number of hydrogen-bond acceptors (Lipinski definition) is 1. The fourth-order valence-electron chi connectivity index (χ4n) is 0.821. The predicted octanol–water partition coefficient (Wildman–Crippen LogP) is 0.352. The molecule has 0 aromatic heterocycles. The van der Waals surface area contributed by atoms with Crippen molar-refractivity contribution in [2.75, 3.05) is 20.1 Å². The lowest BCUT2D eigenvalue weighted by atomic mass is 10.3. The van der Waals surface area contributed by atoms with Crippen LogP contribution in [-0.4, -0.2) is 26.2 Å². The Morgan fingerprint density at radius 2 is 2.57 bits per heavy atom. The zero-order valence-electron chi connectivity index (χ0n) is 4.65. The van der Waals surface area contributed by atoms with E-state index in [0.717, 1.165) is 13.1 Å². The highest BCUT2D eigenvalue weighted by molar-refractivity contribution is 4.95. The summed E-state index contributed by atoms with van der Waals surface area (Å²) >= 11 is 0. The van der Waals surface area contributed by atoms with Crippen molar-refractivity contribution >= 4 is 0 Å². The number of hydrogen-bond donors (Lipinski definition) is 1. The minimum absolute atomic E-state index is 0.681. The molecule has 0 aromatic carbocycles. The lowest BCUT2D eigenvalue weighted by Crippen LogP contribution is -2.23. The summed E-state index contributed by atoms with van der Waals surface area (Å²) in [7, 11) is 1.99. The lowest BCUT2D eigenvalue weighted by molar-refractivity contribution is 0.621. The van der Waals surface area contributed by atoms with Crippen LogP contribution in [0.4, 0.5) is 0 Å². The number of nitrogens with zero attached hydrogens (tertiary/aromatic N) is 1. The smallest absolute Gasteiger partial charge is 0.0140 e. The third-order valence-electron chi connectivity index (χ3n) is 1.39. The second-order valence-electron chi connectivity index (χ2n) is 1.90. The molecule has 1 atom stereocenters. The van der Waals surface area contributed by atoms with Gasteiger partial charge < -0.3 is 10.6 Å². The first-order valence-electron chi connectivity index (χ1n) is 2.74. The Morgan fingerprint density at radius 3 is 2.86 bits per heavy atom. The van der Waals surface area contributed by atoms with Gasteiger partial charge in [-0.3, -0.25) is 0 Å². The van der Waals surface area contributed by atoms with E-state index < -0.39 is 0 Å². The van der Waals surface area contributed by atoms with Gasteiger partial charge in [-0.05, 0) is 13.1 Å². The number of rotatable bonds is 1. The van der Waals surface area contributed by atoms with Gasteiger partial charge in [0.05, 0.1) is 0 Å². The molecular formula is C5H11N2-. The van der Waals surface area contributed by atoms with E-state index in [4.69, 9.17) is 0 Å². The van der Waals surface area contributed by atoms with Gasteiger partial charge in [0.25, 0.3) is 0 Å². The monoisotopic (exact) mass is 99.1 g/mol. The van der Waals surface area contributed by atoms with E-state index in [0.29, 0.717) is 6.04 Å². The first-order chi connectivity index (χ1) is 3.43. The Morgan fingerprint density at radius 1 is 1.71 bits per heavy atom. The first kappa shape index (κ1) is 5.06. The second kappa shape index (κ2) is 2.28. The van der Waals surface area contributed by atoms with Crippen LogP contribution < -0.4 is 5.32 Å². The molecule has 0 spiro atoms. The van der Waals surface area contributed by atoms with E-state index in [9.17, 15) is 0 Å². The fraction of sp³-hybridized carbons (Fsp3) is 1.00. The zero-order chi connectivity index (χ0) is 5.11. The maximum Gasteiger partial charge on any atom is -0.0140 e. The maximum atomic E-state index is 4.17. The summed E-state index contributed by atoms with van der Waals surface area (Å²) in [6.07, 6.45) is 1.23. The van der Waals surface area contributed by atoms with E-state index in [-0.39, 0.29) is 0 Å². The quantitative estimate of drug-likeness (QED) is 0.504. The molecule has 0 aliphatic carbocycles. The second-order valence-corrected chi connectivity index (χ2v) is 1.90. The highest BCUT2D eigenvalue weighted by Crippen LogP contribution is 2.07. The summed E-state index contributed by atoms with van der Waals surface area (Å²) in [6, 6.07) is 0.681. The molecule has 1 aliphatic heterocycles. The van der Waals surface area contributed by atoms with Gasteiger partial charge in [-0.1, -0.05) is 6.42 Å². The van der Waals surface area contributed by atoms with E-state index >= 15 is 0 Å². The Bertz CT molecular complexity index is 48.0.